The van der Waals surface area contributed by atoms with Crippen LogP contribution in [0.25, 0.3) is 0 Å². The molecule has 2 aromatic rings. The molecule has 3 rings (SSSR count). The van der Waals surface area contributed by atoms with Crippen LogP contribution in [-0.2, 0) is 4.79 Å². The van der Waals surface area contributed by atoms with Gasteiger partial charge in [-0.05, 0) is 56.1 Å². The molecular weight excluding hydrogens is 373 g/mol. The molecule has 6 nitrogen and oxygen atoms in total. The summed E-state index contributed by atoms with van der Waals surface area (Å²) in [5, 5.41) is 5.63. The highest BCUT2D eigenvalue weighted by atomic mass is 19.1. The Balaban J connectivity index is 1.65. The van der Waals surface area contributed by atoms with Crippen LogP contribution >= 0.6 is 0 Å². The highest BCUT2D eigenvalue weighted by Crippen LogP contribution is 2.25. The van der Waals surface area contributed by atoms with E-state index in [1.54, 1.807) is 12.3 Å². The number of carbonyl (C=O) groups excluding carboxylic acids is 2. The van der Waals surface area contributed by atoms with Gasteiger partial charge in [0.05, 0.1) is 17.9 Å². The smallest absolute Gasteiger partial charge is 0.254 e. The van der Waals surface area contributed by atoms with Gasteiger partial charge in [0.25, 0.3) is 5.91 Å². The van der Waals surface area contributed by atoms with Gasteiger partial charge in [0, 0.05) is 6.54 Å². The maximum absolute atomic E-state index is 13.9. The van der Waals surface area contributed by atoms with Crippen molar-refractivity contribution in [3.63, 3.8) is 0 Å². The number of hydrogen-bond acceptors (Lipinski definition) is 4. The number of hydrogen-bond donors (Lipinski definition) is 2. The summed E-state index contributed by atoms with van der Waals surface area (Å²) >= 11 is 0. The monoisotopic (exact) mass is 401 g/mol. The number of likely N-dealkylation sites (tertiary alicyclic amines) is 1. The van der Waals surface area contributed by atoms with Gasteiger partial charge in [-0.2, -0.15) is 0 Å². The van der Waals surface area contributed by atoms with Gasteiger partial charge in [0.2, 0.25) is 5.91 Å². The van der Waals surface area contributed by atoms with Gasteiger partial charge in [-0.3, -0.25) is 14.5 Å². The average molecular weight is 401 g/mol. The Labute approximate surface area is 170 Å². The maximum Gasteiger partial charge on any atom is 0.254 e. The van der Waals surface area contributed by atoms with Gasteiger partial charge in [0.1, 0.15) is 17.6 Å². The van der Waals surface area contributed by atoms with Crippen molar-refractivity contribution in [1.29, 1.82) is 0 Å². The Bertz CT molecular complexity index is 816. The first-order valence-electron chi connectivity index (χ1n) is 10.1. The van der Waals surface area contributed by atoms with Crippen LogP contribution in [0.3, 0.4) is 0 Å². The van der Waals surface area contributed by atoms with E-state index >= 15 is 0 Å². The van der Waals surface area contributed by atoms with E-state index in [2.05, 4.69) is 15.5 Å². The highest BCUT2D eigenvalue weighted by Gasteiger charge is 2.29. The zero-order chi connectivity index (χ0) is 20.8. The van der Waals surface area contributed by atoms with E-state index in [-0.39, 0.29) is 23.4 Å². The molecule has 0 aliphatic carbocycles. The number of nitrogens with zero attached hydrogens (tertiary/aromatic N) is 1. The van der Waals surface area contributed by atoms with Gasteiger partial charge in [0.15, 0.2) is 0 Å². The Kier molecular flexibility index (Phi) is 7.04. The van der Waals surface area contributed by atoms with E-state index in [0.29, 0.717) is 6.54 Å². The molecule has 7 heteroatoms. The van der Waals surface area contributed by atoms with Gasteiger partial charge < -0.3 is 15.1 Å². The van der Waals surface area contributed by atoms with Gasteiger partial charge >= 0.3 is 0 Å². The summed E-state index contributed by atoms with van der Waals surface area (Å²) in [7, 11) is 0. The van der Waals surface area contributed by atoms with E-state index in [9.17, 15) is 14.0 Å². The molecule has 1 aliphatic heterocycles. The van der Waals surface area contributed by atoms with Crippen LogP contribution < -0.4 is 10.6 Å². The molecule has 0 saturated carbocycles. The van der Waals surface area contributed by atoms with Crippen LogP contribution in [0, 0.1) is 11.7 Å². The lowest BCUT2D eigenvalue weighted by Gasteiger charge is -2.28. The van der Waals surface area contributed by atoms with Crippen molar-refractivity contribution in [1.82, 2.24) is 15.5 Å². The molecule has 2 N–H and O–H groups in total. The van der Waals surface area contributed by atoms with Crippen LogP contribution in [-0.4, -0.2) is 42.4 Å². The molecule has 1 aromatic carbocycles. The third-order valence-electron chi connectivity index (χ3n) is 5.28. The van der Waals surface area contributed by atoms with Gasteiger partial charge in [-0.15, -0.1) is 0 Å². The van der Waals surface area contributed by atoms with E-state index in [4.69, 9.17) is 4.42 Å². The number of furan rings is 1. The van der Waals surface area contributed by atoms with Crippen LogP contribution in [0.4, 0.5) is 4.39 Å². The highest BCUT2D eigenvalue weighted by molar-refractivity contribution is 5.97. The lowest BCUT2D eigenvalue weighted by Crippen LogP contribution is -2.51. The Morgan fingerprint density at radius 3 is 2.48 bits per heavy atom. The number of rotatable bonds is 8. The first-order chi connectivity index (χ1) is 14.0. The predicted molar refractivity (Wildman–Crippen MR) is 108 cm³/mol. The normalized spacial score (nSPS) is 16.6. The third kappa shape index (κ3) is 5.23. The minimum atomic E-state index is -0.766. The molecule has 0 bridgehead atoms. The molecule has 2 amide bonds. The minimum absolute atomic E-state index is 0.0495. The molecule has 2 atom stereocenters. The summed E-state index contributed by atoms with van der Waals surface area (Å²) in [6, 6.07) is 8.67. The van der Waals surface area contributed by atoms with Crippen molar-refractivity contribution in [2.75, 3.05) is 19.6 Å². The number of amides is 2. The SMILES string of the molecule is CC(C)[C@H](NC(=O)c1ccccc1F)C(=O)NC[C@H](c1ccco1)N1CCCC1. The van der Waals surface area contributed by atoms with Crippen molar-refractivity contribution < 1.29 is 18.4 Å². The van der Waals surface area contributed by atoms with E-state index in [1.807, 2.05) is 26.0 Å². The molecule has 1 fully saturated rings. The first-order valence-corrected chi connectivity index (χ1v) is 10.1. The fourth-order valence-corrected chi connectivity index (χ4v) is 3.65. The first kappa shape index (κ1) is 21.0. The quantitative estimate of drug-likeness (QED) is 0.713. The molecule has 1 aliphatic rings. The molecule has 29 heavy (non-hydrogen) atoms. The number of benzene rings is 1. The Hall–Kier alpha value is -2.67. The average Bonchev–Trinajstić information content (AvgIpc) is 3.40. The zero-order valence-corrected chi connectivity index (χ0v) is 16.9. The van der Waals surface area contributed by atoms with Crippen LogP contribution in [0.5, 0.6) is 0 Å². The maximum atomic E-state index is 13.9. The summed E-state index contributed by atoms with van der Waals surface area (Å²) in [5.41, 5.74) is -0.0727. The number of halogens is 1. The molecule has 156 valence electrons. The molecule has 1 saturated heterocycles. The van der Waals surface area contributed by atoms with E-state index in [1.165, 1.54) is 18.2 Å². The van der Waals surface area contributed by atoms with Crippen LogP contribution in [0.1, 0.15) is 48.8 Å². The Morgan fingerprint density at radius 1 is 1.14 bits per heavy atom. The van der Waals surface area contributed by atoms with Crippen LogP contribution in [0.2, 0.25) is 0 Å². The van der Waals surface area contributed by atoms with Gasteiger partial charge in [-0.1, -0.05) is 26.0 Å². The molecule has 1 aromatic heterocycles. The lowest BCUT2D eigenvalue weighted by atomic mass is 10.0. The minimum Gasteiger partial charge on any atom is -0.468 e. The summed E-state index contributed by atoms with van der Waals surface area (Å²) in [4.78, 5) is 27.6. The molecular formula is C22H28FN3O3. The van der Waals surface area contributed by atoms with Crippen molar-refractivity contribution in [3.05, 3.63) is 59.8 Å². The molecule has 0 unspecified atom stereocenters. The Morgan fingerprint density at radius 2 is 1.86 bits per heavy atom. The zero-order valence-electron chi connectivity index (χ0n) is 16.9. The second kappa shape index (κ2) is 9.69. The fourth-order valence-electron chi connectivity index (χ4n) is 3.65. The topological polar surface area (TPSA) is 74.6 Å². The number of nitrogens with one attached hydrogen (secondary N) is 2. The van der Waals surface area contributed by atoms with E-state index in [0.717, 1.165) is 31.7 Å². The van der Waals surface area contributed by atoms with E-state index < -0.39 is 17.8 Å². The molecule has 0 radical (unpaired) electrons. The number of carbonyl (C=O) groups is 2. The van der Waals surface area contributed by atoms with Crippen molar-refractivity contribution in [3.8, 4) is 0 Å². The second-order valence-corrected chi connectivity index (χ2v) is 7.69. The van der Waals surface area contributed by atoms with Crippen LogP contribution in [0.15, 0.2) is 47.1 Å². The van der Waals surface area contributed by atoms with Crippen molar-refractivity contribution in [2.24, 2.45) is 5.92 Å². The summed E-state index contributed by atoms with van der Waals surface area (Å²) in [6.45, 7) is 5.98. The molecule has 2 heterocycles. The molecule has 0 spiro atoms. The largest absolute Gasteiger partial charge is 0.468 e. The van der Waals surface area contributed by atoms with Gasteiger partial charge in [-0.25, -0.2) is 4.39 Å². The fraction of sp³-hybridized carbons (Fsp3) is 0.455. The van der Waals surface area contributed by atoms with Crippen molar-refractivity contribution >= 4 is 11.8 Å². The summed E-state index contributed by atoms with van der Waals surface area (Å²) < 4.78 is 19.5. The third-order valence-corrected chi connectivity index (χ3v) is 5.28. The summed E-state index contributed by atoms with van der Waals surface area (Å²) in [5.74, 6) is -0.845. The predicted octanol–water partition coefficient (Wildman–Crippen LogP) is 3.13. The summed E-state index contributed by atoms with van der Waals surface area (Å²) in [6.07, 6.45) is 3.88. The second-order valence-electron chi connectivity index (χ2n) is 7.69. The standard InChI is InChI=1S/C22H28FN3O3/c1-15(2)20(25-21(27)16-8-3-4-9-17(16)23)22(28)24-14-18(19-10-7-13-29-19)26-11-5-6-12-26/h3-4,7-10,13,15,18,20H,5-6,11-12,14H2,1-2H3,(H,24,28)(H,25,27)/t18-,20+/m1/s1. The lowest BCUT2D eigenvalue weighted by molar-refractivity contribution is -0.124. The van der Waals surface area contributed by atoms with Crippen molar-refractivity contribution in [2.45, 2.75) is 38.8 Å².